The van der Waals surface area contributed by atoms with E-state index >= 15 is 0 Å². The first kappa shape index (κ1) is 14.7. The lowest BCUT2D eigenvalue weighted by Gasteiger charge is -2.36. The van der Waals surface area contributed by atoms with E-state index in [0.29, 0.717) is 12.0 Å². The molecular weight excluding hydrogens is 254 g/mol. The molecule has 2 rings (SSSR count). The Hall–Kier alpha value is -1.69. The monoisotopic (exact) mass is 277 g/mol. The first-order valence-corrected chi connectivity index (χ1v) is 7.23. The molecule has 6 nitrogen and oxygen atoms in total. The summed E-state index contributed by atoms with van der Waals surface area (Å²) in [5, 5.41) is 11.5. The molecule has 20 heavy (non-hydrogen) atoms. The van der Waals surface area contributed by atoms with Gasteiger partial charge in [0.25, 0.3) is 5.91 Å². The summed E-state index contributed by atoms with van der Waals surface area (Å²) >= 11 is 0. The highest BCUT2D eigenvalue weighted by Crippen LogP contribution is 2.23. The summed E-state index contributed by atoms with van der Waals surface area (Å²) in [6, 6.07) is 3.97. The molecule has 1 aromatic rings. The van der Waals surface area contributed by atoms with Crippen LogP contribution >= 0.6 is 0 Å². The van der Waals surface area contributed by atoms with Crippen LogP contribution in [0.15, 0.2) is 12.1 Å². The van der Waals surface area contributed by atoms with E-state index < -0.39 is 5.91 Å². The number of piperidine rings is 1. The van der Waals surface area contributed by atoms with Crippen molar-refractivity contribution in [2.75, 3.05) is 24.5 Å². The van der Waals surface area contributed by atoms with Crippen molar-refractivity contribution in [3.63, 3.8) is 0 Å². The number of hydrogen-bond donors (Lipinski definition) is 2. The summed E-state index contributed by atoms with van der Waals surface area (Å²) in [6.45, 7) is 7.31. The van der Waals surface area contributed by atoms with Gasteiger partial charge in [-0.1, -0.05) is 6.92 Å². The molecule has 1 amide bonds. The zero-order valence-electron chi connectivity index (χ0n) is 12.2. The van der Waals surface area contributed by atoms with Crippen molar-refractivity contribution in [1.29, 1.82) is 0 Å². The molecular formula is C14H23N5O. The van der Waals surface area contributed by atoms with Crippen LogP contribution in [0.4, 0.5) is 5.82 Å². The average molecular weight is 277 g/mol. The molecule has 1 aliphatic heterocycles. The van der Waals surface area contributed by atoms with E-state index in [0.717, 1.165) is 31.9 Å². The van der Waals surface area contributed by atoms with Crippen LogP contribution in [0, 0.1) is 5.92 Å². The second-order valence-corrected chi connectivity index (χ2v) is 5.34. The largest absolute Gasteiger partial charge is 0.364 e. The SMILES string of the molecule is CCNC(C)C1CCCN(c2ccc(C(N)=O)nn2)C1. The quantitative estimate of drug-likeness (QED) is 0.831. The molecule has 1 saturated heterocycles. The van der Waals surface area contributed by atoms with Gasteiger partial charge in [-0.3, -0.25) is 4.79 Å². The molecule has 2 heterocycles. The first-order chi connectivity index (χ1) is 9.61. The van der Waals surface area contributed by atoms with Crippen LogP contribution < -0.4 is 16.0 Å². The number of primary amides is 1. The smallest absolute Gasteiger partial charge is 0.269 e. The summed E-state index contributed by atoms with van der Waals surface area (Å²) < 4.78 is 0. The highest BCUT2D eigenvalue weighted by atomic mass is 16.1. The third kappa shape index (κ3) is 3.45. The Labute approximate surface area is 119 Å². The number of nitrogens with one attached hydrogen (secondary N) is 1. The number of nitrogens with two attached hydrogens (primary N) is 1. The van der Waals surface area contributed by atoms with Gasteiger partial charge in [-0.05, 0) is 44.4 Å². The van der Waals surface area contributed by atoms with Crippen LogP contribution in [0.1, 0.15) is 37.2 Å². The van der Waals surface area contributed by atoms with E-state index in [1.165, 1.54) is 6.42 Å². The van der Waals surface area contributed by atoms with Gasteiger partial charge < -0.3 is 16.0 Å². The number of nitrogens with zero attached hydrogens (tertiary/aromatic N) is 3. The maximum atomic E-state index is 11.0. The predicted molar refractivity (Wildman–Crippen MR) is 78.6 cm³/mol. The molecule has 0 bridgehead atoms. The molecule has 0 saturated carbocycles. The number of rotatable bonds is 5. The number of amides is 1. The van der Waals surface area contributed by atoms with Gasteiger partial charge in [-0.2, -0.15) is 0 Å². The zero-order valence-corrected chi connectivity index (χ0v) is 12.2. The van der Waals surface area contributed by atoms with Gasteiger partial charge in [0.1, 0.15) is 0 Å². The molecule has 6 heteroatoms. The summed E-state index contributed by atoms with van der Waals surface area (Å²) in [5.74, 6) is 0.894. The van der Waals surface area contributed by atoms with Crippen LogP contribution in [-0.4, -0.2) is 41.8 Å². The number of aromatic nitrogens is 2. The molecule has 3 N–H and O–H groups in total. The van der Waals surface area contributed by atoms with Gasteiger partial charge >= 0.3 is 0 Å². The highest BCUT2D eigenvalue weighted by molar-refractivity contribution is 5.90. The van der Waals surface area contributed by atoms with Crippen LogP contribution in [0.2, 0.25) is 0 Å². The zero-order chi connectivity index (χ0) is 14.5. The number of anilines is 1. The van der Waals surface area contributed by atoms with E-state index in [4.69, 9.17) is 5.73 Å². The summed E-state index contributed by atoms with van der Waals surface area (Å²) in [6.07, 6.45) is 2.39. The fourth-order valence-electron chi connectivity index (χ4n) is 2.74. The topological polar surface area (TPSA) is 84.1 Å². The summed E-state index contributed by atoms with van der Waals surface area (Å²) in [4.78, 5) is 13.2. The summed E-state index contributed by atoms with van der Waals surface area (Å²) in [7, 11) is 0. The van der Waals surface area contributed by atoms with Crippen molar-refractivity contribution in [2.24, 2.45) is 11.7 Å². The lowest BCUT2D eigenvalue weighted by atomic mass is 9.91. The van der Waals surface area contributed by atoms with Crippen molar-refractivity contribution in [1.82, 2.24) is 15.5 Å². The molecule has 0 spiro atoms. The number of hydrogen-bond acceptors (Lipinski definition) is 5. The van der Waals surface area contributed by atoms with Crippen molar-refractivity contribution in [2.45, 2.75) is 32.7 Å². The molecule has 0 radical (unpaired) electrons. The minimum atomic E-state index is -0.540. The van der Waals surface area contributed by atoms with E-state index in [1.807, 2.05) is 6.07 Å². The molecule has 0 aromatic carbocycles. The van der Waals surface area contributed by atoms with E-state index in [2.05, 4.69) is 34.3 Å². The second kappa shape index (κ2) is 6.65. The standard InChI is InChI=1S/C14H23N5O/c1-3-16-10(2)11-5-4-8-19(9-11)13-7-6-12(14(15)20)17-18-13/h6-7,10-11,16H,3-5,8-9H2,1-2H3,(H2,15,20). The van der Waals surface area contributed by atoms with Gasteiger partial charge in [0.15, 0.2) is 11.5 Å². The third-order valence-corrected chi connectivity index (χ3v) is 3.92. The minimum absolute atomic E-state index is 0.211. The lowest BCUT2D eigenvalue weighted by Crippen LogP contribution is -2.44. The Morgan fingerprint density at radius 3 is 2.95 bits per heavy atom. The normalized spacial score (nSPS) is 20.7. The van der Waals surface area contributed by atoms with Crippen LogP contribution in [0.5, 0.6) is 0 Å². The number of carbonyl (C=O) groups excluding carboxylic acids is 1. The molecule has 1 fully saturated rings. The van der Waals surface area contributed by atoms with E-state index in [1.54, 1.807) is 6.07 Å². The van der Waals surface area contributed by atoms with Crippen LogP contribution in [0.25, 0.3) is 0 Å². The van der Waals surface area contributed by atoms with Crippen molar-refractivity contribution >= 4 is 11.7 Å². The van der Waals surface area contributed by atoms with Crippen molar-refractivity contribution < 1.29 is 4.79 Å². The number of carbonyl (C=O) groups is 1. The van der Waals surface area contributed by atoms with E-state index in [-0.39, 0.29) is 5.69 Å². The van der Waals surface area contributed by atoms with Gasteiger partial charge in [0, 0.05) is 19.1 Å². The molecule has 0 aliphatic carbocycles. The Bertz CT molecular complexity index is 447. The Morgan fingerprint density at radius 2 is 2.35 bits per heavy atom. The Morgan fingerprint density at radius 1 is 1.55 bits per heavy atom. The minimum Gasteiger partial charge on any atom is -0.364 e. The molecule has 1 aromatic heterocycles. The Kier molecular flexibility index (Phi) is 4.89. The molecule has 2 atom stereocenters. The predicted octanol–water partition coefficient (Wildman–Crippen LogP) is 0.790. The fourth-order valence-corrected chi connectivity index (χ4v) is 2.74. The highest BCUT2D eigenvalue weighted by Gasteiger charge is 2.25. The molecule has 110 valence electrons. The average Bonchev–Trinajstić information content (AvgIpc) is 2.48. The molecule has 2 unspecified atom stereocenters. The van der Waals surface area contributed by atoms with Gasteiger partial charge in [0.05, 0.1) is 0 Å². The molecule has 1 aliphatic rings. The summed E-state index contributed by atoms with van der Waals surface area (Å²) in [5.41, 5.74) is 5.39. The fraction of sp³-hybridized carbons (Fsp3) is 0.643. The maximum absolute atomic E-state index is 11.0. The van der Waals surface area contributed by atoms with Gasteiger partial charge in [0.2, 0.25) is 0 Å². The first-order valence-electron chi connectivity index (χ1n) is 7.23. The lowest BCUT2D eigenvalue weighted by molar-refractivity contribution is 0.0994. The van der Waals surface area contributed by atoms with Crippen molar-refractivity contribution in [3.05, 3.63) is 17.8 Å². The Balaban J connectivity index is 2.03. The van der Waals surface area contributed by atoms with Gasteiger partial charge in [-0.15, -0.1) is 10.2 Å². The van der Waals surface area contributed by atoms with Crippen LogP contribution in [-0.2, 0) is 0 Å². The van der Waals surface area contributed by atoms with E-state index in [9.17, 15) is 4.79 Å². The second-order valence-electron chi connectivity index (χ2n) is 5.34. The van der Waals surface area contributed by atoms with Crippen molar-refractivity contribution in [3.8, 4) is 0 Å². The third-order valence-electron chi connectivity index (χ3n) is 3.92. The van der Waals surface area contributed by atoms with Gasteiger partial charge in [-0.25, -0.2) is 0 Å². The van der Waals surface area contributed by atoms with Crippen LogP contribution in [0.3, 0.4) is 0 Å². The maximum Gasteiger partial charge on any atom is 0.269 e.